The van der Waals surface area contributed by atoms with E-state index in [4.69, 9.17) is 9.47 Å². The van der Waals surface area contributed by atoms with Gasteiger partial charge >= 0.3 is 0 Å². The lowest BCUT2D eigenvalue weighted by molar-refractivity contribution is -0.292. The molecule has 3 heteroatoms. The van der Waals surface area contributed by atoms with E-state index >= 15 is 0 Å². The number of aliphatic hydroxyl groups excluding tert-OH is 1. The molecule has 0 aromatic carbocycles. The standard InChI is InChI=1S/C15H28O3/c1-10-5-4-6-11(2)17-14-9-13(8-7-10)12(3)15(16)18-14/h10-16H,4-9H2,1-3H3. The Morgan fingerprint density at radius 1 is 0.944 bits per heavy atom. The number of rotatable bonds is 0. The summed E-state index contributed by atoms with van der Waals surface area (Å²) in [7, 11) is 0. The van der Waals surface area contributed by atoms with E-state index in [1.54, 1.807) is 0 Å². The number of hydrogen-bond donors (Lipinski definition) is 1. The van der Waals surface area contributed by atoms with Crippen LogP contribution < -0.4 is 0 Å². The maximum absolute atomic E-state index is 9.98. The summed E-state index contributed by atoms with van der Waals surface area (Å²) in [6.07, 6.45) is 6.40. The van der Waals surface area contributed by atoms with Gasteiger partial charge in [0.05, 0.1) is 6.10 Å². The molecule has 2 aliphatic heterocycles. The first kappa shape index (κ1) is 14.3. The SMILES string of the molecule is CC1CCCC(C)OC2CC(CC1)C(C)C(O)O2. The van der Waals surface area contributed by atoms with Gasteiger partial charge in [0.2, 0.25) is 0 Å². The van der Waals surface area contributed by atoms with Crippen molar-refractivity contribution in [2.24, 2.45) is 17.8 Å². The number of fused-ring (bicyclic) bond motifs is 2. The van der Waals surface area contributed by atoms with E-state index < -0.39 is 6.29 Å². The van der Waals surface area contributed by atoms with E-state index in [1.807, 2.05) is 0 Å². The molecule has 2 heterocycles. The zero-order valence-electron chi connectivity index (χ0n) is 12.0. The van der Waals surface area contributed by atoms with Crippen LogP contribution in [0.25, 0.3) is 0 Å². The summed E-state index contributed by atoms with van der Waals surface area (Å²) in [5.74, 6) is 1.56. The fraction of sp³-hybridized carbons (Fsp3) is 1.00. The molecule has 6 unspecified atom stereocenters. The molecule has 0 radical (unpaired) electrons. The lowest BCUT2D eigenvalue weighted by Crippen LogP contribution is -2.42. The van der Waals surface area contributed by atoms with Crippen LogP contribution in [0, 0.1) is 17.8 Å². The lowest BCUT2D eigenvalue weighted by Gasteiger charge is -2.38. The van der Waals surface area contributed by atoms with Crippen molar-refractivity contribution in [1.29, 1.82) is 0 Å². The highest BCUT2D eigenvalue weighted by Crippen LogP contribution is 2.35. The van der Waals surface area contributed by atoms with Crippen molar-refractivity contribution in [3.63, 3.8) is 0 Å². The van der Waals surface area contributed by atoms with Gasteiger partial charge in [-0.05, 0) is 31.6 Å². The van der Waals surface area contributed by atoms with E-state index in [1.165, 1.54) is 25.7 Å². The Morgan fingerprint density at radius 3 is 2.50 bits per heavy atom. The second-order valence-corrected chi connectivity index (χ2v) is 6.37. The Balaban J connectivity index is 2.03. The van der Waals surface area contributed by atoms with Crippen LogP contribution >= 0.6 is 0 Å². The predicted molar refractivity (Wildman–Crippen MR) is 70.9 cm³/mol. The largest absolute Gasteiger partial charge is 0.368 e. The summed E-state index contributed by atoms with van der Waals surface area (Å²) in [5.41, 5.74) is 0. The van der Waals surface area contributed by atoms with Gasteiger partial charge in [-0.25, -0.2) is 0 Å². The van der Waals surface area contributed by atoms with Crippen LogP contribution in [0.15, 0.2) is 0 Å². The third-order valence-corrected chi connectivity index (χ3v) is 4.70. The van der Waals surface area contributed by atoms with Gasteiger partial charge < -0.3 is 14.6 Å². The van der Waals surface area contributed by atoms with Gasteiger partial charge in [0, 0.05) is 12.3 Å². The minimum Gasteiger partial charge on any atom is -0.368 e. The molecule has 2 rings (SSSR count). The molecule has 2 fully saturated rings. The van der Waals surface area contributed by atoms with Gasteiger partial charge in [-0.2, -0.15) is 0 Å². The minimum atomic E-state index is -0.656. The quantitative estimate of drug-likeness (QED) is 0.722. The average molecular weight is 256 g/mol. The topological polar surface area (TPSA) is 38.7 Å². The molecule has 0 amide bonds. The highest BCUT2D eigenvalue weighted by Gasteiger charge is 2.36. The summed E-state index contributed by atoms with van der Waals surface area (Å²) in [6.45, 7) is 6.56. The van der Waals surface area contributed by atoms with Gasteiger partial charge in [-0.3, -0.25) is 0 Å². The monoisotopic (exact) mass is 256 g/mol. The highest BCUT2D eigenvalue weighted by atomic mass is 16.7. The molecule has 2 aliphatic rings. The molecule has 1 N–H and O–H groups in total. The molecule has 6 atom stereocenters. The first-order valence-electron chi connectivity index (χ1n) is 7.55. The van der Waals surface area contributed by atoms with Crippen molar-refractivity contribution in [1.82, 2.24) is 0 Å². The molecule has 18 heavy (non-hydrogen) atoms. The summed E-state index contributed by atoms with van der Waals surface area (Å²) in [5, 5.41) is 9.98. The Labute approximate surface area is 111 Å². The molecule has 0 aromatic rings. The Morgan fingerprint density at radius 2 is 1.72 bits per heavy atom. The summed E-state index contributed by atoms with van der Waals surface area (Å²) >= 11 is 0. The Kier molecular flexibility index (Phi) is 5.05. The summed E-state index contributed by atoms with van der Waals surface area (Å²) in [4.78, 5) is 0. The molecule has 2 bridgehead atoms. The predicted octanol–water partition coefficient (Wildman–Crippen LogP) is 3.31. The van der Waals surface area contributed by atoms with Crippen molar-refractivity contribution >= 4 is 0 Å². The molecule has 0 aliphatic carbocycles. The van der Waals surface area contributed by atoms with Crippen LogP contribution in [0.3, 0.4) is 0 Å². The van der Waals surface area contributed by atoms with E-state index in [0.717, 1.165) is 18.8 Å². The van der Waals surface area contributed by atoms with Crippen LogP contribution in [-0.2, 0) is 9.47 Å². The molecule has 0 aromatic heterocycles. The van der Waals surface area contributed by atoms with Crippen molar-refractivity contribution in [3.8, 4) is 0 Å². The number of aliphatic hydroxyl groups is 1. The van der Waals surface area contributed by atoms with Crippen molar-refractivity contribution in [2.45, 2.75) is 78.0 Å². The highest BCUT2D eigenvalue weighted by molar-refractivity contribution is 4.77. The lowest BCUT2D eigenvalue weighted by atomic mass is 9.82. The van der Waals surface area contributed by atoms with Crippen LogP contribution in [0.5, 0.6) is 0 Å². The number of hydrogen-bond acceptors (Lipinski definition) is 3. The third-order valence-electron chi connectivity index (χ3n) is 4.70. The second kappa shape index (κ2) is 6.36. The van der Waals surface area contributed by atoms with Gasteiger partial charge in [0.1, 0.15) is 0 Å². The van der Waals surface area contributed by atoms with E-state index in [2.05, 4.69) is 20.8 Å². The minimum absolute atomic E-state index is 0.204. The van der Waals surface area contributed by atoms with Gasteiger partial charge in [0.25, 0.3) is 0 Å². The Bertz CT molecular complexity index is 256. The van der Waals surface area contributed by atoms with E-state index in [0.29, 0.717) is 5.92 Å². The molecular formula is C15H28O3. The van der Waals surface area contributed by atoms with Crippen molar-refractivity contribution in [2.75, 3.05) is 0 Å². The molecule has 3 nitrogen and oxygen atoms in total. The molecule has 106 valence electrons. The number of ether oxygens (including phenoxy) is 2. The van der Waals surface area contributed by atoms with E-state index in [-0.39, 0.29) is 18.3 Å². The van der Waals surface area contributed by atoms with Gasteiger partial charge in [-0.1, -0.05) is 33.1 Å². The molecule has 0 spiro atoms. The summed E-state index contributed by atoms with van der Waals surface area (Å²) < 4.78 is 11.5. The maximum atomic E-state index is 9.98. The van der Waals surface area contributed by atoms with Crippen molar-refractivity contribution < 1.29 is 14.6 Å². The fourth-order valence-electron chi connectivity index (χ4n) is 3.22. The van der Waals surface area contributed by atoms with Crippen LogP contribution in [0.4, 0.5) is 0 Å². The van der Waals surface area contributed by atoms with Crippen LogP contribution in [0.2, 0.25) is 0 Å². The smallest absolute Gasteiger partial charge is 0.161 e. The fourth-order valence-corrected chi connectivity index (χ4v) is 3.22. The average Bonchev–Trinajstić information content (AvgIpc) is 2.33. The van der Waals surface area contributed by atoms with Gasteiger partial charge in [-0.15, -0.1) is 0 Å². The van der Waals surface area contributed by atoms with E-state index in [9.17, 15) is 5.11 Å². The van der Waals surface area contributed by atoms with Gasteiger partial charge in [0.15, 0.2) is 12.6 Å². The third kappa shape index (κ3) is 3.69. The molecule has 2 saturated heterocycles. The first-order chi connectivity index (χ1) is 8.56. The Hall–Kier alpha value is -0.120. The maximum Gasteiger partial charge on any atom is 0.161 e. The summed E-state index contributed by atoms with van der Waals surface area (Å²) in [6, 6.07) is 0. The van der Waals surface area contributed by atoms with Crippen LogP contribution in [-0.4, -0.2) is 23.8 Å². The molecule has 0 saturated carbocycles. The first-order valence-corrected chi connectivity index (χ1v) is 7.55. The van der Waals surface area contributed by atoms with Crippen LogP contribution in [0.1, 0.15) is 59.3 Å². The normalized spacial score (nSPS) is 47.3. The van der Waals surface area contributed by atoms with Crippen molar-refractivity contribution in [3.05, 3.63) is 0 Å². The zero-order valence-corrected chi connectivity index (χ0v) is 12.0. The molecular weight excluding hydrogens is 228 g/mol. The zero-order chi connectivity index (χ0) is 13.1. The second-order valence-electron chi connectivity index (χ2n) is 6.37.